The largest absolute Gasteiger partial charge is 0.480 e. The highest BCUT2D eigenvalue weighted by molar-refractivity contribution is 7.65. The van der Waals surface area contributed by atoms with E-state index in [0.717, 1.165) is 65.0 Å². The number of benzene rings is 4. The second kappa shape index (κ2) is 9.14. The van der Waals surface area contributed by atoms with Crippen molar-refractivity contribution >= 4 is 46.5 Å². The second-order valence-corrected chi connectivity index (χ2v) is 13.2. The molecule has 3 unspecified atom stereocenters. The fourth-order valence-electron chi connectivity index (χ4n) is 7.17. The van der Waals surface area contributed by atoms with Gasteiger partial charge in [-0.3, -0.25) is 18.7 Å². The highest BCUT2D eigenvalue weighted by Gasteiger charge is 2.61. The summed E-state index contributed by atoms with van der Waals surface area (Å²) in [5.74, 6) is -0.886. The van der Waals surface area contributed by atoms with Gasteiger partial charge in [0.1, 0.15) is 6.04 Å². The van der Waals surface area contributed by atoms with Crippen molar-refractivity contribution in [1.82, 2.24) is 4.67 Å². The Morgan fingerprint density at radius 1 is 0.684 bits per heavy atom. The molecule has 0 amide bonds. The number of carbonyl (C=O) groups is 1. The van der Waals surface area contributed by atoms with Crippen LogP contribution < -0.4 is 9.34 Å². The molecule has 0 bridgehead atoms. The number of rotatable bonds is 4. The van der Waals surface area contributed by atoms with Gasteiger partial charge >= 0.3 is 13.6 Å². The Hall–Kier alpha value is -3.34. The summed E-state index contributed by atoms with van der Waals surface area (Å²) >= 11 is 0. The molecule has 3 fully saturated rings. The lowest BCUT2D eigenvalue weighted by molar-refractivity contribution is -0.140. The van der Waals surface area contributed by atoms with E-state index in [4.69, 9.17) is 0 Å². The van der Waals surface area contributed by atoms with E-state index in [1.807, 2.05) is 41.1 Å². The van der Waals surface area contributed by atoms with Crippen LogP contribution in [0.5, 0.6) is 0 Å². The van der Waals surface area contributed by atoms with Gasteiger partial charge in [-0.25, -0.2) is 4.67 Å². The van der Waals surface area contributed by atoms with Crippen LogP contribution in [0, 0.1) is 0 Å². The van der Waals surface area contributed by atoms with Gasteiger partial charge in [0.25, 0.3) is 0 Å². The summed E-state index contributed by atoms with van der Waals surface area (Å²) in [4.78, 5) is 12.5. The molecule has 2 heterocycles. The van der Waals surface area contributed by atoms with Crippen LogP contribution in [0.15, 0.2) is 84.9 Å². The predicted octanol–water partition coefficient (Wildman–Crippen LogP) is 7.29. The van der Waals surface area contributed by atoms with Crippen LogP contribution in [-0.2, 0) is 9.36 Å². The first-order valence-corrected chi connectivity index (χ1v) is 15.3. The summed E-state index contributed by atoms with van der Waals surface area (Å²) in [6, 6.07) is 28.3. The van der Waals surface area contributed by atoms with Crippen LogP contribution >= 0.6 is 7.59 Å². The second-order valence-electron chi connectivity index (χ2n) is 10.8. The first-order chi connectivity index (χ1) is 18.6. The fourth-order valence-corrected chi connectivity index (χ4v) is 11.1. The third-order valence-electron chi connectivity index (χ3n) is 8.75. The van der Waals surface area contributed by atoms with Gasteiger partial charge in [-0.15, -0.1) is 0 Å². The van der Waals surface area contributed by atoms with E-state index in [1.54, 1.807) is 0 Å². The zero-order chi connectivity index (χ0) is 25.9. The van der Waals surface area contributed by atoms with Crippen LogP contribution in [0.3, 0.4) is 0 Å². The first kappa shape index (κ1) is 23.8. The molecule has 1 aliphatic carbocycles. The lowest BCUT2D eigenvalue weighted by atomic mass is 9.89. The molecule has 4 aromatic carbocycles. The first-order valence-electron chi connectivity index (χ1n) is 13.7. The number of carboxylic acid groups (broad SMARTS) is 1. The highest BCUT2D eigenvalue weighted by Crippen LogP contribution is 2.70. The van der Waals surface area contributed by atoms with Crippen LogP contribution in [-0.4, -0.2) is 40.4 Å². The van der Waals surface area contributed by atoms with E-state index in [1.165, 1.54) is 0 Å². The average Bonchev–Trinajstić information content (AvgIpc) is 3.55. The summed E-state index contributed by atoms with van der Waals surface area (Å²) in [5, 5.41) is 14.6. The van der Waals surface area contributed by atoms with Gasteiger partial charge in [0, 0.05) is 17.3 Å². The summed E-state index contributed by atoms with van der Waals surface area (Å²) in [5.41, 5.74) is 1.89. The Morgan fingerprint density at radius 3 is 1.71 bits per heavy atom. The van der Waals surface area contributed by atoms with Crippen LogP contribution in [0.25, 0.3) is 21.5 Å². The molecule has 0 radical (unpaired) electrons. The Bertz CT molecular complexity index is 1480. The Morgan fingerprint density at radius 2 is 1.18 bits per heavy atom. The molecule has 7 heteroatoms. The van der Waals surface area contributed by atoms with Crippen molar-refractivity contribution in [3.05, 3.63) is 84.9 Å². The standard InChI is InChI=1S/C31H32N3O3P/c35-31(36)30-20-9-21-32(30)38(37)33(26-18-7-12-22-10-1-3-14-24(22)26)28-16-5-6-17-29(28)34(38)27-19-8-13-23-11-2-4-15-25(23)27/h1-4,7-8,10-15,18-19,28-30H,5-6,9,16-17,20-21H2,(H,35,36). The zero-order valence-electron chi connectivity index (χ0n) is 21.3. The third kappa shape index (κ3) is 3.43. The van der Waals surface area contributed by atoms with E-state index in [0.29, 0.717) is 13.0 Å². The third-order valence-corrected chi connectivity index (χ3v) is 12.0. The quantitative estimate of drug-likeness (QED) is 0.282. The maximum absolute atomic E-state index is 16.2. The lowest BCUT2D eigenvalue weighted by Crippen LogP contribution is -2.41. The van der Waals surface area contributed by atoms with Gasteiger partial charge < -0.3 is 5.11 Å². The molecule has 0 spiro atoms. The number of anilines is 2. The predicted molar refractivity (Wildman–Crippen MR) is 154 cm³/mol. The Balaban J connectivity index is 1.53. The Labute approximate surface area is 223 Å². The smallest absolute Gasteiger partial charge is 0.337 e. The van der Waals surface area contributed by atoms with Crippen LogP contribution in [0.1, 0.15) is 38.5 Å². The summed E-state index contributed by atoms with van der Waals surface area (Å²) in [7, 11) is -3.59. The molecule has 3 atom stereocenters. The topological polar surface area (TPSA) is 64.1 Å². The normalized spacial score (nSPS) is 27.7. The number of aliphatic carboxylic acids is 1. The van der Waals surface area contributed by atoms with Crippen molar-refractivity contribution < 1.29 is 14.5 Å². The maximum Gasteiger partial charge on any atom is 0.337 e. The molecule has 1 saturated carbocycles. The highest BCUT2D eigenvalue weighted by atomic mass is 31.2. The maximum atomic E-state index is 16.2. The molecule has 3 aliphatic rings. The van der Waals surface area contributed by atoms with Gasteiger partial charge in [-0.05, 0) is 48.6 Å². The SMILES string of the molecule is O=C(O)C1CCCN1P1(=O)N(c2cccc3ccccc23)C2CCCCC2N1c1cccc2ccccc12. The van der Waals surface area contributed by atoms with E-state index < -0.39 is 19.6 Å². The van der Waals surface area contributed by atoms with Crippen molar-refractivity contribution in [3.8, 4) is 0 Å². The van der Waals surface area contributed by atoms with Crippen molar-refractivity contribution in [2.24, 2.45) is 0 Å². The number of fused-ring (bicyclic) bond motifs is 3. The van der Waals surface area contributed by atoms with E-state index in [2.05, 4.69) is 57.9 Å². The zero-order valence-corrected chi connectivity index (χ0v) is 22.2. The van der Waals surface area contributed by atoms with Gasteiger partial charge in [0.05, 0.1) is 23.5 Å². The molecule has 0 aromatic heterocycles. The molecular formula is C31H32N3O3P. The lowest BCUT2D eigenvalue weighted by Gasteiger charge is -2.41. The molecule has 2 aliphatic heterocycles. The summed E-state index contributed by atoms with van der Waals surface area (Å²) in [6.45, 7) is 0.510. The van der Waals surface area contributed by atoms with Crippen LogP contribution in [0.2, 0.25) is 0 Å². The molecule has 2 saturated heterocycles. The minimum atomic E-state index is -3.59. The van der Waals surface area contributed by atoms with Crippen LogP contribution in [0.4, 0.5) is 11.4 Å². The number of hydrogen-bond acceptors (Lipinski definition) is 2. The Kier molecular flexibility index (Phi) is 5.72. The fraction of sp³-hybridized carbons (Fsp3) is 0.323. The minimum Gasteiger partial charge on any atom is -0.480 e. The van der Waals surface area contributed by atoms with Crippen molar-refractivity contribution in [1.29, 1.82) is 0 Å². The number of nitrogens with zero attached hydrogens (tertiary/aromatic N) is 3. The van der Waals surface area contributed by atoms with E-state index in [-0.39, 0.29) is 12.1 Å². The van der Waals surface area contributed by atoms with E-state index in [9.17, 15) is 9.90 Å². The monoisotopic (exact) mass is 525 g/mol. The molecule has 38 heavy (non-hydrogen) atoms. The van der Waals surface area contributed by atoms with Crippen molar-refractivity contribution in [3.63, 3.8) is 0 Å². The molecular weight excluding hydrogens is 493 g/mol. The van der Waals surface area contributed by atoms with E-state index >= 15 is 4.57 Å². The minimum absolute atomic E-state index is 0.0365. The molecule has 4 aromatic rings. The van der Waals surface area contributed by atoms with Gasteiger partial charge in [0.2, 0.25) is 0 Å². The van der Waals surface area contributed by atoms with Gasteiger partial charge in [-0.2, -0.15) is 0 Å². The van der Waals surface area contributed by atoms with Crippen molar-refractivity contribution in [2.45, 2.75) is 56.7 Å². The summed E-state index contributed by atoms with van der Waals surface area (Å²) in [6.07, 6.45) is 5.27. The summed E-state index contributed by atoms with van der Waals surface area (Å²) < 4.78 is 22.4. The number of hydrogen-bond donors (Lipinski definition) is 1. The van der Waals surface area contributed by atoms with Gasteiger partial charge in [-0.1, -0.05) is 85.6 Å². The molecule has 194 valence electrons. The number of carboxylic acids is 1. The molecule has 7 rings (SSSR count). The molecule has 1 N–H and O–H groups in total. The average molecular weight is 526 g/mol. The van der Waals surface area contributed by atoms with Crippen molar-refractivity contribution in [2.75, 3.05) is 15.9 Å². The van der Waals surface area contributed by atoms with Gasteiger partial charge in [0.15, 0.2) is 0 Å². The molecule has 6 nitrogen and oxygen atoms in total.